The molecule has 5 aromatic carbocycles. The normalized spacial score (nSPS) is 19.8. The Balaban J connectivity index is 1.11. The average Bonchev–Trinajstić information content (AvgIpc) is 3.27. The van der Waals surface area contributed by atoms with Crippen molar-refractivity contribution >= 4 is 39.1 Å². The van der Waals surface area contributed by atoms with Crippen molar-refractivity contribution in [1.29, 1.82) is 0 Å². The SMILES string of the molecule is [O-][S+]1Cc2ccc(cc2)-c2nc3nc(n2)-c2ccc(cc2)C[S+]([O-])Cc2ccc(cc2)-c2nc(nc(n2)-c2ccc(cc2)C[S+]([O-])C[C@@H]2C=CC3=CC2)-c2ccc(cc2)C1. The Bertz CT molecular complexity index is 2590. The number of rotatable bonds is 0. The largest absolute Gasteiger partial charge is 0.616 e. The molecule has 21 aliphatic heterocycles. The molecule has 29 rings (SSSR count). The van der Waals surface area contributed by atoms with E-state index in [0.717, 1.165) is 61.2 Å². The zero-order valence-corrected chi connectivity index (χ0v) is 34.9. The van der Waals surface area contributed by atoms with Crippen molar-refractivity contribution in [2.45, 2.75) is 35.2 Å². The Morgan fingerprint density at radius 3 is 0.933 bits per heavy atom. The predicted molar refractivity (Wildman–Crippen MR) is 240 cm³/mol. The van der Waals surface area contributed by atoms with Crippen molar-refractivity contribution in [3.8, 4) is 56.9 Å². The smallest absolute Gasteiger partial charge is 0.164 e. The molecule has 2 aromatic heterocycles. The lowest BCUT2D eigenvalue weighted by Crippen LogP contribution is -2.17. The van der Waals surface area contributed by atoms with Gasteiger partial charge >= 0.3 is 0 Å². The van der Waals surface area contributed by atoms with Crippen molar-refractivity contribution in [2.75, 3.05) is 5.75 Å². The van der Waals surface area contributed by atoms with E-state index in [9.17, 15) is 13.7 Å². The maximum Gasteiger partial charge on any atom is 0.164 e. The summed E-state index contributed by atoms with van der Waals surface area (Å²) in [5, 5.41) is 0. The van der Waals surface area contributed by atoms with Gasteiger partial charge < -0.3 is 13.7 Å². The fourth-order valence-electron chi connectivity index (χ4n) is 7.56. The van der Waals surface area contributed by atoms with Gasteiger partial charge in [-0.15, -0.1) is 0 Å². The van der Waals surface area contributed by atoms with Crippen molar-refractivity contribution in [1.82, 2.24) is 29.9 Å². The third-order valence-corrected chi connectivity index (χ3v) is 14.9. The average molecular weight is 843 g/mol. The molecule has 296 valence electrons. The third-order valence-electron chi connectivity index (χ3n) is 10.8. The van der Waals surface area contributed by atoms with Crippen LogP contribution in [-0.4, -0.2) is 49.3 Å². The maximum atomic E-state index is 13.5. The van der Waals surface area contributed by atoms with Gasteiger partial charge in [0.2, 0.25) is 0 Å². The van der Waals surface area contributed by atoms with Gasteiger partial charge in [-0.2, -0.15) is 0 Å². The summed E-state index contributed by atoms with van der Waals surface area (Å²) in [4.78, 5) is 29.7. The van der Waals surface area contributed by atoms with Gasteiger partial charge in [0.05, 0.1) is 0 Å². The molecule has 0 spiro atoms. The molecule has 18 bridgehead atoms. The Labute approximate surface area is 357 Å². The zero-order valence-electron chi connectivity index (χ0n) is 32.4. The van der Waals surface area contributed by atoms with E-state index in [1.54, 1.807) is 0 Å². The van der Waals surface area contributed by atoms with Crippen LogP contribution >= 0.6 is 0 Å². The highest BCUT2D eigenvalue weighted by Crippen LogP contribution is 2.31. The molecule has 0 saturated carbocycles. The maximum absolute atomic E-state index is 13.5. The first-order valence-corrected chi connectivity index (χ1v) is 24.2. The summed E-state index contributed by atoms with van der Waals surface area (Å²) in [5.41, 5.74) is 9.70. The van der Waals surface area contributed by atoms with E-state index >= 15 is 0 Å². The van der Waals surface area contributed by atoms with Crippen LogP contribution in [0.4, 0.5) is 0 Å². The van der Waals surface area contributed by atoms with Crippen molar-refractivity contribution < 1.29 is 13.7 Å². The Morgan fingerprint density at radius 1 is 0.367 bits per heavy atom. The van der Waals surface area contributed by atoms with E-state index in [2.05, 4.69) is 12.2 Å². The van der Waals surface area contributed by atoms with Gasteiger partial charge in [0.25, 0.3) is 0 Å². The molecular formula is C48H38N6O3S3. The highest BCUT2D eigenvalue weighted by Gasteiger charge is 2.22. The summed E-state index contributed by atoms with van der Waals surface area (Å²) < 4.78 is 40.5. The monoisotopic (exact) mass is 842 g/mol. The minimum absolute atomic E-state index is 0.106. The Morgan fingerprint density at radius 2 is 0.650 bits per heavy atom. The molecule has 0 amide bonds. The van der Waals surface area contributed by atoms with E-state index in [1.807, 2.05) is 127 Å². The van der Waals surface area contributed by atoms with Gasteiger partial charge in [-0.1, -0.05) is 140 Å². The molecule has 12 heteroatoms. The number of hydrogen-bond acceptors (Lipinski definition) is 9. The number of aromatic nitrogens is 6. The molecule has 0 saturated heterocycles. The molecule has 0 N–H and O–H groups in total. The van der Waals surface area contributed by atoms with Crippen LogP contribution in [0.25, 0.3) is 62.5 Å². The first kappa shape index (κ1) is 38.7. The van der Waals surface area contributed by atoms with Crippen LogP contribution < -0.4 is 0 Å². The lowest BCUT2D eigenvalue weighted by Gasteiger charge is -2.19. The summed E-state index contributed by atoms with van der Waals surface area (Å²) in [6.07, 6.45) is 6.97. The predicted octanol–water partition coefficient (Wildman–Crippen LogP) is 8.82. The zero-order chi connectivity index (χ0) is 40.6. The summed E-state index contributed by atoms with van der Waals surface area (Å²) in [7, 11) is 0. The highest BCUT2D eigenvalue weighted by atomic mass is 32.2. The summed E-state index contributed by atoms with van der Waals surface area (Å²) in [6, 6.07) is 39.6. The number of allylic oxidation sites excluding steroid dienone is 4. The molecular weight excluding hydrogens is 805 g/mol. The fraction of sp³-hybridized carbons (Fsp3) is 0.167. The quantitative estimate of drug-likeness (QED) is 0.137. The van der Waals surface area contributed by atoms with Crippen LogP contribution in [0.2, 0.25) is 0 Å². The van der Waals surface area contributed by atoms with Gasteiger partial charge in [0, 0.05) is 67.1 Å². The Kier molecular flexibility index (Phi) is 10.9. The van der Waals surface area contributed by atoms with Gasteiger partial charge in [-0.05, 0) is 39.9 Å². The summed E-state index contributed by atoms with van der Waals surface area (Å²) in [5.74, 6) is 5.81. The van der Waals surface area contributed by atoms with Crippen LogP contribution in [0.3, 0.4) is 0 Å². The highest BCUT2D eigenvalue weighted by molar-refractivity contribution is 7.90. The number of hydrogen-bond donors (Lipinski definition) is 0. The second-order valence-electron chi connectivity index (χ2n) is 15.3. The lowest BCUT2D eigenvalue weighted by molar-refractivity contribution is 0.581. The molecule has 22 aliphatic rings. The molecule has 3 unspecified atom stereocenters. The van der Waals surface area contributed by atoms with Crippen LogP contribution in [0.15, 0.2) is 140 Å². The molecule has 1 aliphatic carbocycles. The van der Waals surface area contributed by atoms with Crippen LogP contribution in [-0.2, 0) is 62.3 Å². The summed E-state index contributed by atoms with van der Waals surface area (Å²) in [6.45, 7) is 0. The molecule has 0 fully saturated rings. The van der Waals surface area contributed by atoms with E-state index in [4.69, 9.17) is 29.9 Å². The van der Waals surface area contributed by atoms with Gasteiger partial charge in [-0.25, -0.2) is 29.9 Å². The van der Waals surface area contributed by atoms with Gasteiger partial charge in [-0.3, -0.25) is 0 Å². The van der Waals surface area contributed by atoms with Gasteiger partial charge in [0.15, 0.2) is 34.9 Å². The molecule has 60 heavy (non-hydrogen) atoms. The third kappa shape index (κ3) is 8.71. The van der Waals surface area contributed by atoms with Crippen molar-refractivity contribution in [3.05, 3.63) is 173 Å². The number of benzene rings is 5. The lowest BCUT2D eigenvalue weighted by atomic mass is 9.98. The molecule has 4 atom stereocenters. The van der Waals surface area contributed by atoms with Crippen LogP contribution in [0.5, 0.6) is 0 Å². The van der Waals surface area contributed by atoms with E-state index in [-0.39, 0.29) is 5.92 Å². The Hall–Kier alpha value is -5.47. The minimum Gasteiger partial charge on any atom is -0.616 e. The van der Waals surface area contributed by atoms with Crippen molar-refractivity contribution in [3.63, 3.8) is 0 Å². The van der Waals surface area contributed by atoms with Crippen LogP contribution in [0, 0.1) is 5.92 Å². The fourth-order valence-corrected chi connectivity index (χ4v) is 11.4. The van der Waals surface area contributed by atoms with E-state index in [1.165, 1.54) is 0 Å². The van der Waals surface area contributed by atoms with E-state index < -0.39 is 33.5 Å². The first-order valence-electron chi connectivity index (χ1n) is 19.8. The van der Waals surface area contributed by atoms with Crippen LogP contribution in [0.1, 0.15) is 40.1 Å². The molecule has 9 nitrogen and oxygen atoms in total. The first-order chi connectivity index (χ1) is 29.3. The second-order valence-corrected chi connectivity index (χ2v) is 19.7. The van der Waals surface area contributed by atoms with Gasteiger partial charge in [0.1, 0.15) is 34.5 Å². The molecule has 23 heterocycles. The molecule has 7 aromatic rings. The van der Waals surface area contributed by atoms with E-state index in [0.29, 0.717) is 75.9 Å². The summed E-state index contributed by atoms with van der Waals surface area (Å²) >= 11 is -3.41. The van der Waals surface area contributed by atoms with Crippen molar-refractivity contribution in [2.24, 2.45) is 5.92 Å². The topological polar surface area (TPSA) is 147 Å². The molecule has 0 radical (unpaired) electrons. The standard InChI is InChI=1S/C48H38N6O3S3/c55-58-25-31-1-13-37(14-2-31)43-49-44-38-17-5-33(6-18-38)27-59(56)29-35-9-21-41(22-10-35)47-52-46(40-15-3-32(26-58)4-16-40)53-48(54-47)42-23-11-36(12-24-42)30-60(57)28-34-7-19-39(20-8-34)45(50-43)51-44/h1-11,13-24,36H,12,25-30H2/t36-,58?,59?,60?/m1/s1. The second kappa shape index (κ2) is 16.9. The minimum atomic E-state index is -1.16. The number of nitrogens with zero attached hydrogens (tertiary/aromatic N) is 6.